The van der Waals surface area contributed by atoms with Crippen molar-refractivity contribution in [3.63, 3.8) is 0 Å². The van der Waals surface area contributed by atoms with Crippen molar-refractivity contribution in [3.05, 3.63) is 29.8 Å². The van der Waals surface area contributed by atoms with Gasteiger partial charge in [0.05, 0.1) is 19.0 Å². The predicted molar refractivity (Wildman–Crippen MR) is 62.2 cm³/mol. The lowest BCUT2D eigenvalue weighted by Crippen LogP contribution is -2.08. The van der Waals surface area contributed by atoms with Gasteiger partial charge < -0.3 is 9.84 Å². The van der Waals surface area contributed by atoms with Crippen LogP contribution in [-0.2, 0) is 16.4 Å². The van der Waals surface area contributed by atoms with Gasteiger partial charge in [0.2, 0.25) is 0 Å². The molecule has 0 heterocycles. The molecule has 0 aliphatic rings. The second-order valence-corrected chi connectivity index (χ2v) is 5.90. The molecule has 0 bridgehead atoms. The second kappa shape index (κ2) is 5.86. The Bertz CT molecular complexity index is 425. The molecule has 0 aliphatic heterocycles. The highest BCUT2D eigenvalue weighted by molar-refractivity contribution is 7.90. The quantitative estimate of drug-likeness (QED) is 0.758. The maximum atomic E-state index is 10.9. The molecular formula is C11H16O4S. The Morgan fingerprint density at radius 2 is 2.12 bits per heavy atom. The van der Waals surface area contributed by atoms with Gasteiger partial charge in [-0.2, -0.15) is 0 Å². The van der Waals surface area contributed by atoms with E-state index in [2.05, 4.69) is 0 Å². The third kappa shape index (κ3) is 5.14. The summed E-state index contributed by atoms with van der Waals surface area (Å²) in [6.07, 6.45) is 1.68. The third-order valence-corrected chi connectivity index (χ3v) is 3.04. The lowest BCUT2D eigenvalue weighted by molar-refractivity contribution is 0.279. The van der Waals surface area contributed by atoms with E-state index in [1.54, 1.807) is 24.3 Å². The van der Waals surface area contributed by atoms with E-state index in [1.807, 2.05) is 0 Å². The molecule has 90 valence electrons. The fourth-order valence-electron chi connectivity index (χ4n) is 1.24. The van der Waals surface area contributed by atoms with Crippen LogP contribution in [0.1, 0.15) is 12.0 Å². The molecule has 0 saturated carbocycles. The van der Waals surface area contributed by atoms with Gasteiger partial charge >= 0.3 is 0 Å². The number of hydrogen-bond donors (Lipinski definition) is 1. The second-order valence-electron chi connectivity index (χ2n) is 3.64. The summed E-state index contributed by atoms with van der Waals surface area (Å²) in [7, 11) is -2.91. The standard InChI is InChI=1S/C11H16O4S/c1-16(13,14)7-3-6-15-11-5-2-4-10(8-11)9-12/h2,4-5,8,12H,3,6-7,9H2,1H3. The summed E-state index contributed by atoms with van der Waals surface area (Å²) < 4.78 is 27.1. The van der Waals surface area contributed by atoms with E-state index in [-0.39, 0.29) is 12.4 Å². The molecule has 0 radical (unpaired) electrons. The van der Waals surface area contributed by atoms with Crippen molar-refractivity contribution < 1.29 is 18.3 Å². The summed E-state index contributed by atoms with van der Waals surface area (Å²) in [6.45, 7) is 0.336. The Morgan fingerprint density at radius 1 is 1.38 bits per heavy atom. The Labute approximate surface area is 95.8 Å². The molecule has 1 aromatic carbocycles. The summed E-state index contributed by atoms with van der Waals surface area (Å²) in [5.41, 5.74) is 0.778. The number of sulfone groups is 1. The number of rotatable bonds is 6. The third-order valence-electron chi connectivity index (χ3n) is 2.01. The molecule has 0 atom stereocenters. The van der Waals surface area contributed by atoms with Crippen LogP contribution in [0.5, 0.6) is 5.75 Å². The molecule has 0 amide bonds. The molecule has 0 aromatic heterocycles. The average Bonchev–Trinajstić information content (AvgIpc) is 2.23. The number of aliphatic hydroxyl groups excluding tert-OH is 1. The molecule has 0 fully saturated rings. The van der Waals surface area contributed by atoms with Gasteiger partial charge in [0.25, 0.3) is 0 Å². The van der Waals surface area contributed by atoms with Gasteiger partial charge in [-0.25, -0.2) is 8.42 Å². The van der Waals surface area contributed by atoms with E-state index < -0.39 is 9.84 Å². The normalized spacial score (nSPS) is 11.4. The fraction of sp³-hybridized carbons (Fsp3) is 0.455. The van der Waals surface area contributed by atoms with Crippen LogP contribution in [0.3, 0.4) is 0 Å². The lowest BCUT2D eigenvalue weighted by Gasteiger charge is -2.06. The summed E-state index contributed by atoms with van der Waals surface area (Å²) >= 11 is 0. The van der Waals surface area contributed by atoms with Crippen LogP contribution in [-0.4, -0.2) is 32.1 Å². The van der Waals surface area contributed by atoms with E-state index in [0.717, 1.165) is 5.56 Å². The van der Waals surface area contributed by atoms with Crippen LogP contribution >= 0.6 is 0 Å². The lowest BCUT2D eigenvalue weighted by atomic mass is 10.2. The minimum Gasteiger partial charge on any atom is -0.494 e. The van der Waals surface area contributed by atoms with Crippen LogP contribution in [0.25, 0.3) is 0 Å². The molecule has 0 saturated heterocycles. The van der Waals surface area contributed by atoms with Crippen LogP contribution in [0.4, 0.5) is 0 Å². The number of hydrogen-bond acceptors (Lipinski definition) is 4. The highest BCUT2D eigenvalue weighted by atomic mass is 32.2. The zero-order valence-corrected chi connectivity index (χ0v) is 10.0. The topological polar surface area (TPSA) is 63.6 Å². The monoisotopic (exact) mass is 244 g/mol. The summed E-state index contributed by atoms with van der Waals surface area (Å²) in [5.74, 6) is 0.784. The van der Waals surface area contributed by atoms with Crippen LogP contribution in [0.15, 0.2) is 24.3 Å². The van der Waals surface area contributed by atoms with Gasteiger partial charge in [0.15, 0.2) is 0 Å². The number of benzene rings is 1. The molecule has 1 N–H and O–H groups in total. The molecule has 0 spiro atoms. The van der Waals surface area contributed by atoms with Crippen molar-refractivity contribution in [1.82, 2.24) is 0 Å². The van der Waals surface area contributed by atoms with Gasteiger partial charge in [-0.15, -0.1) is 0 Å². The van der Waals surface area contributed by atoms with Crippen LogP contribution < -0.4 is 4.74 Å². The molecule has 0 unspecified atom stereocenters. The van der Waals surface area contributed by atoms with E-state index in [9.17, 15) is 8.42 Å². The van der Waals surface area contributed by atoms with Crippen molar-refractivity contribution in [1.29, 1.82) is 0 Å². The highest BCUT2D eigenvalue weighted by Gasteiger charge is 2.02. The van der Waals surface area contributed by atoms with Crippen LogP contribution in [0.2, 0.25) is 0 Å². The molecule has 5 heteroatoms. The largest absolute Gasteiger partial charge is 0.494 e. The van der Waals surface area contributed by atoms with E-state index >= 15 is 0 Å². The summed E-state index contributed by atoms with van der Waals surface area (Å²) in [5, 5.41) is 8.91. The Kier molecular flexibility index (Phi) is 4.76. The fourth-order valence-corrected chi connectivity index (χ4v) is 1.89. The van der Waals surface area contributed by atoms with Gasteiger partial charge in [-0.1, -0.05) is 12.1 Å². The zero-order valence-electron chi connectivity index (χ0n) is 9.22. The van der Waals surface area contributed by atoms with Gasteiger partial charge in [0, 0.05) is 6.26 Å². The zero-order chi connectivity index (χ0) is 12.0. The van der Waals surface area contributed by atoms with Gasteiger partial charge in [-0.05, 0) is 24.1 Å². The smallest absolute Gasteiger partial charge is 0.147 e. The maximum Gasteiger partial charge on any atom is 0.147 e. The minimum atomic E-state index is -2.91. The molecule has 0 aliphatic carbocycles. The first-order valence-electron chi connectivity index (χ1n) is 5.01. The van der Waals surface area contributed by atoms with Crippen molar-refractivity contribution >= 4 is 9.84 Å². The van der Waals surface area contributed by atoms with E-state index in [0.29, 0.717) is 18.8 Å². The van der Waals surface area contributed by atoms with Crippen molar-refractivity contribution in [2.24, 2.45) is 0 Å². The molecule has 1 rings (SSSR count). The highest BCUT2D eigenvalue weighted by Crippen LogP contribution is 2.13. The molecule has 1 aromatic rings. The van der Waals surface area contributed by atoms with Crippen molar-refractivity contribution in [2.75, 3.05) is 18.6 Å². The first kappa shape index (κ1) is 13.0. The first-order chi connectivity index (χ1) is 7.51. The first-order valence-corrected chi connectivity index (χ1v) is 7.07. The number of aliphatic hydroxyl groups is 1. The van der Waals surface area contributed by atoms with Gasteiger partial charge in [0.1, 0.15) is 15.6 Å². The van der Waals surface area contributed by atoms with Gasteiger partial charge in [-0.3, -0.25) is 0 Å². The Balaban J connectivity index is 2.37. The van der Waals surface area contributed by atoms with Crippen molar-refractivity contribution in [3.8, 4) is 5.75 Å². The summed E-state index contributed by atoms with van der Waals surface area (Å²) in [4.78, 5) is 0. The van der Waals surface area contributed by atoms with Crippen LogP contribution in [0, 0.1) is 0 Å². The summed E-state index contributed by atoms with van der Waals surface area (Å²) in [6, 6.07) is 7.10. The molecule has 4 nitrogen and oxygen atoms in total. The molecule has 16 heavy (non-hydrogen) atoms. The Morgan fingerprint density at radius 3 is 2.75 bits per heavy atom. The van der Waals surface area contributed by atoms with E-state index in [1.165, 1.54) is 6.26 Å². The SMILES string of the molecule is CS(=O)(=O)CCCOc1cccc(CO)c1. The number of ether oxygens (including phenoxy) is 1. The minimum absolute atomic E-state index is 0.0272. The van der Waals surface area contributed by atoms with E-state index in [4.69, 9.17) is 9.84 Å². The average molecular weight is 244 g/mol. The predicted octanol–water partition coefficient (Wildman–Crippen LogP) is 0.992. The maximum absolute atomic E-state index is 10.9. The Hall–Kier alpha value is -1.07. The van der Waals surface area contributed by atoms with Crippen molar-refractivity contribution in [2.45, 2.75) is 13.0 Å². The molecular weight excluding hydrogens is 228 g/mol.